The molecule has 0 spiro atoms. The van der Waals surface area contributed by atoms with Crippen LogP contribution in [0.3, 0.4) is 0 Å². The Morgan fingerprint density at radius 2 is 2.09 bits per heavy atom. The summed E-state index contributed by atoms with van der Waals surface area (Å²) in [5, 5.41) is 2.58. The summed E-state index contributed by atoms with van der Waals surface area (Å²) in [4.78, 5) is 24.6. The maximum Gasteiger partial charge on any atom is 0.410 e. The number of rotatable bonds is 5. The number of thiol groups is 1. The van der Waals surface area contributed by atoms with E-state index in [2.05, 4.69) is 17.9 Å². The van der Waals surface area contributed by atoms with Crippen LogP contribution in [0.2, 0.25) is 0 Å². The lowest BCUT2D eigenvalue weighted by atomic mass is 10.2. The number of hydrogen-bond acceptors (Lipinski definition) is 5. The minimum absolute atomic E-state index is 0.0585. The summed E-state index contributed by atoms with van der Waals surface area (Å²) < 4.78 is 10.4. The first-order valence-corrected chi connectivity index (χ1v) is 7.79. The van der Waals surface area contributed by atoms with Crippen molar-refractivity contribution < 1.29 is 19.1 Å². The minimum atomic E-state index is -0.612. The predicted molar refractivity (Wildman–Crippen MR) is 88.7 cm³/mol. The Hall–Kier alpha value is -2.09. The fraction of sp³-hybridized carbons (Fsp3) is 0.467. The normalized spacial score (nSPS) is 20.2. The molecule has 0 saturated carbocycles. The SMILES string of the molecule is COc1ccc(COC(=O)N2C[C@@H](S)C[C@H]2CNC(N)=O)cc1. The highest BCUT2D eigenvalue weighted by molar-refractivity contribution is 7.81. The zero-order chi connectivity index (χ0) is 16.8. The minimum Gasteiger partial charge on any atom is -0.497 e. The number of methoxy groups -OCH3 is 1. The number of carbonyl (C=O) groups is 2. The molecule has 1 aliphatic rings. The fourth-order valence-corrected chi connectivity index (χ4v) is 2.90. The van der Waals surface area contributed by atoms with E-state index in [0.717, 1.165) is 11.3 Å². The lowest BCUT2D eigenvalue weighted by Gasteiger charge is -2.23. The summed E-state index contributed by atoms with van der Waals surface area (Å²) in [6.07, 6.45) is 0.259. The molecule has 0 aliphatic carbocycles. The first kappa shape index (κ1) is 17.3. The van der Waals surface area contributed by atoms with E-state index in [0.29, 0.717) is 19.5 Å². The molecule has 2 rings (SSSR count). The van der Waals surface area contributed by atoms with Crippen LogP contribution < -0.4 is 15.8 Å². The number of likely N-dealkylation sites (tertiary alicyclic amines) is 1. The second-order valence-corrected chi connectivity index (χ2v) is 6.07. The maximum atomic E-state index is 12.2. The summed E-state index contributed by atoms with van der Waals surface area (Å²) in [5.41, 5.74) is 5.94. The number of nitrogens with one attached hydrogen (secondary N) is 1. The van der Waals surface area contributed by atoms with Crippen molar-refractivity contribution in [2.24, 2.45) is 5.73 Å². The van der Waals surface area contributed by atoms with Crippen LogP contribution in [0.15, 0.2) is 24.3 Å². The Morgan fingerprint density at radius 1 is 1.39 bits per heavy atom. The molecular weight excluding hydrogens is 318 g/mol. The highest BCUT2D eigenvalue weighted by Crippen LogP contribution is 2.22. The third-order valence-corrected chi connectivity index (χ3v) is 4.03. The smallest absolute Gasteiger partial charge is 0.410 e. The van der Waals surface area contributed by atoms with Gasteiger partial charge >= 0.3 is 12.1 Å². The summed E-state index contributed by atoms with van der Waals surface area (Å²) in [6, 6.07) is 6.52. The lowest BCUT2D eigenvalue weighted by Crippen LogP contribution is -2.44. The van der Waals surface area contributed by atoms with Gasteiger partial charge in [-0.2, -0.15) is 12.6 Å². The molecule has 1 aromatic carbocycles. The summed E-state index contributed by atoms with van der Waals surface area (Å²) in [7, 11) is 1.59. The lowest BCUT2D eigenvalue weighted by molar-refractivity contribution is 0.0922. The van der Waals surface area contributed by atoms with Crippen LogP contribution in [-0.2, 0) is 11.3 Å². The highest BCUT2D eigenvalue weighted by Gasteiger charge is 2.34. The fourth-order valence-electron chi connectivity index (χ4n) is 2.48. The molecule has 2 atom stereocenters. The van der Waals surface area contributed by atoms with Gasteiger partial charge in [0.2, 0.25) is 0 Å². The standard InChI is InChI=1S/C15H21N3O4S/c1-21-12-4-2-10(3-5-12)9-22-15(20)18-8-13(23)6-11(18)7-17-14(16)19/h2-5,11,13,23H,6-9H2,1H3,(H3,16,17,19)/t11-,13-/m0/s1. The Kier molecular flexibility index (Phi) is 5.97. The van der Waals surface area contributed by atoms with Gasteiger partial charge in [-0.3, -0.25) is 0 Å². The summed E-state index contributed by atoms with van der Waals surface area (Å²) >= 11 is 4.40. The Labute approximate surface area is 140 Å². The topological polar surface area (TPSA) is 93.9 Å². The van der Waals surface area contributed by atoms with Crippen molar-refractivity contribution in [3.05, 3.63) is 29.8 Å². The second-order valence-electron chi connectivity index (χ2n) is 5.34. The second kappa shape index (κ2) is 7.96. The molecule has 1 aliphatic heterocycles. The van der Waals surface area contributed by atoms with Crippen LogP contribution in [0, 0.1) is 0 Å². The van der Waals surface area contributed by atoms with E-state index in [9.17, 15) is 9.59 Å². The van der Waals surface area contributed by atoms with E-state index in [1.807, 2.05) is 24.3 Å². The van der Waals surface area contributed by atoms with E-state index < -0.39 is 12.1 Å². The first-order valence-electron chi connectivity index (χ1n) is 7.27. The van der Waals surface area contributed by atoms with Crippen molar-refractivity contribution in [2.75, 3.05) is 20.2 Å². The number of nitrogens with zero attached hydrogens (tertiary/aromatic N) is 1. The van der Waals surface area contributed by atoms with E-state index >= 15 is 0 Å². The van der Waals surface area contributed by atoms with Gasteiger partial charge < -0.3 is 25.4 Å². The van der Waals surface area contributed by atoms with Gasteiger partial charge in [-0.15, -0.1) is 0 Å². The van der Waals surface area contributed by atoms with Gasteiger partial charge in [-0.25, -0.2) is 9.59 Å². The molecule has 126 valence electrons. The predicted octanol–water partition coefficient (Wildman–Crippen LogP) is 1.37. The van der Waals surface area contributed by atoms with Crippen LogP contribution in [0.4, 0.5) is 9.59 Å². The summed E-state index contributed by atoms with van der Waals surface area (Å²) in [5.74, 6) is 0.745. The molecule has 1 saturated heterocycles. The molecule has 0 aromatic heterocycles. The van der Waals surface area contributed by atoms with Crippen LogP contribution in [-0.4, -0.2) is 48.5 Å². The van der Waals surface area contributed by atoms with Crippen LogP contribution in [0.25, 0.3) is 0 Å². The van der Waals surface area contributed by atoms with Gasteiger partial charge in [0.05, 0.1) is 13.2 Å². The Balaban J connectivity index is 1.88. The molecule has 1 heterocycles. The van der Waals surface area contributed by atoms with Crippen molar-refractivity contribution in [3.8, 4) is 5.75 Å². The molecule has 0 bridgehead atoms. The zero-order valence-corrected chi connectivity index (χ0v) is 13.8. The van der Waals surface area contributed by atoms with Gasteiger partial charge in [-0.05, 0) is 24.1 Å². The third kappa shape index (κ3) is 4.95. The van der Waals surface area contributed by atoms with Crippen LogP contribution in [0.1, 0.15) is 12.0 Å². The quantitative estimate of drug-likeness (QED) is 0.706. The van der Waals surface area contributed by atoms with Gasteiger partial charge in [0, 0.05) is 18.3 Å². The number of carbonyl (C=O) groups excluding carboxylic acids is 2. The van der Waals surface area contributed by atoms with Crippen molar-refractivity contribution in [1.29, 1.82) is 0 Å². The van der Waals surface area contributed by atoms with Crippen molar-refractivity contribution in [3.63, 3.8) is 0 Å². The molecule has 23 heavy (non-hydrogen) atoms. The molecule has 8 heteroatoms. The first-order chi connectivity index (χ1) is 11.0. The number of benzene rings is 1. The molecule has 0 unspecified atom stereocenters. The van der Waals surface area contributed by atoms with Crippen molar-refractivity contribution in [1.82, 2.24) is 10.2 Å². The van der Waals surface area contributed by atoms with Gasteiger partial charge in [0.15, 0.2) is 0 Å². The number of hydrogen-bond donors (Lipinski definition) is 3. The zero-order valence-electron chi connectivity index (χ0n) is 12.9. The van der Waals surface area contributed by atoms with Gasteiger partial charge in [0.25, 0.3) is 0 Å². The molecule has 1 fully saturated rings. The van der Waals surface area contributed by atoms with Crippen LogP contribution in [0.5, 0.6) is 5.75 Å². The molecule has 3 N–H and O–H groups in total. The van der Waals surface area contributed by atoms with Crippen molar-refractivity contribution in [2.45, 2.75) is 24.3 Å². The maximum absolute atomic E-state index is 12.2. The largest absolute Gasteiger partial charge is 0.497 e. The van der Waals surface area contributed by atoms with E-state index in [1.54, 1.807) is 12.0 Å². The number of amides is 3. The third-order valence-electron chi connectivity index (χ3n) is 3.66. The molecule has 0 radical (unpaired) electrons. The average Bonchev–Trinajstić information content (AvgIpc) is 2.92. The van der Waals surface area contributed by atoms with Gasteiger partial charge in [-0.1, -0.05) is 12.1 Å². The Morgan fingerprint density at radius 3 is 2.70 bits per heavy atom. The van der Waals surface area contributed by atoms with Crippen molar-refractivity contribution >= 4 is 24.8 Å². The van der Waals surface area contributed by atoms with E-state index in [1.165, 1.54) is 0 Å². The number of nitrogens with two attached hydrogens (primary N) is 1. The average molecular weight is 339 g/mol. The molecule has 1 aromatic rings. The molecule has 7 nitrogen and oxygen atoms in total. The number of urea groups is 1. The highest BCUT2D eigenvalue weighted by atomic mass is 32.1. The monoisotopic (exact) mass is 339 g/mol. The van der Waals surface area contributed by atoms with Gasteiger partial charge in [0.1, 0.15) is 12.4 Å². The summed E-state index contributed by atoms with van der Waals surface area (Å²) in [6.45, 7) is 0.951. The van der Waals surface area contributed by atoms with E-state index in [-0.39, 0.29) is 17.9 Å². The molecule has 3 amide bonds. The van der Waals surface area contributed by atoms with Crippen LogP contribution >= 0.6 is 12.6 Å². The molecular formula is C15H21N3O4S. The Bertz CT molecular complexity index is 552. The van der Waals surface area contributed by atoms with E-state index in [4.69, 9.17) is 15.2 Å². The number of primary amides is 1. The number of ether oxygens (including phenoxy) is 2.